The summed E-state index contributed by atoms with van der Waals surface area (Å²) in [6.07, 6.45) is 3.73. The third kappa shape index (κ3) is 3.17. The lowest BCUT2D eigenvalue weighted by Crippen LogP contribution is -2.28. The number of benzene rings is 1. The molecule has 5 rings (SSSR count). The number of hydrogen-bond acceptors (Lipinski definition) is 6. The summed E-state index contributed by atoms with van der Waals surface area (Å²) in [5.41, 5.74) is 2.64. The third-order valence-corrected chi connectivity index (χ3v) is 7.93. The van der Waals surface area contributed by atoms with Gasteiger partial charge in [0, 0.05) is 31.3 Å². The van der Waals surface area contributed by atoms with Crippen molar-refractivity contribution in [2.45, 2.75) is 37.3 Å². The van der Waals surface area contributed by atoms with Gasteiger partial charge in [-0.2, -0.15) is 0 Å². The molecule has 3 heterocycles. The van der Waals surface area contributed by atoms with Gasteiger partial charge >= 0.3 is 0 Å². The van der Waals surface area contributed by atoms with Crippen LogP contribution in [-0.4, -0.2) is 50.0 Å². The van der Waals surface area contributed by atoms with Crippen LogP contribution in [0.1, 0.15) is 31.0 Å². The SMILES string of the molecule is Cc1ncoc1-c1nnc(SCCCN2C[C@@]3(C)C[C@@]3(c3ccc(F)cc3)C2)n1C. The van der Waals surface area contributed by atoms with Crippen LogP contribution < -0.4 is 0 Å². The fourth-order valence-corrected chi connectivity index (χ4v) is 5.92. The van der Waals surface area contributed by atoms with Crippen molar-refractivity contribution in [3.05, 3.63) is 47.7 Å². The fourth-order valence-electron chi connectivity index (χ4n) is 5.08. The number of thioether (sulfide) groups is 1. The van der Waals surface area contributed by atoms with Crippen molar-refractivity contribution in [2.75, 3.05) is 25.4 Å². The van der Waals surface area contributed by atoms with Gasteiger partial charge in [0.2, 0.25) is 5.82 Å². The van der Waals surface area contributed by atoms with Gasteiger partial charge in [-0.1, -0.05) is 30.8 Å². The molecule has 0 radical (unpaired) electrons. The van der Waals surface area contributed by atoms with Gasteiger partial charge < -0.3 is 13.9 Å². The maximum Gasteiger partial charge on any atom is 0.202 e. The lowest BCUT2D eigenvalue weighted by molar-refractivity contribution is 0.284. The molecule has 1 saturated heterocycles. The maximum atomic E-state index is 13.3. The predicted octanol–water partition coefficient (Wildman–Crippen LogP) is 4.06. The van der Waals surface area contributed by atoms with Crippen molar-refractivity contribution in [1.29, 1.82) is 0 Å². The van der Waals surface area contributed by atoms with Crippen LogP contribution >= 0.6 is 11.8 Å². The van der Waals surface area contributed by atoms with Crippen LogP contribution in [0.25, 0.3) is 11.6 Å². The summed E-state index contributed by atoms with van der Waals surface area (Å²) in [5.74, 6) is 2.21. The molecular formula is C22H26FN5OS. The number of rotatable bonds is 7. The summed E-state index contributed by atoms with van der Waals surface area (Å²) in [7, 11) is 1.96. The van der Waals surface area contributed by atoms with E-state index >= 15 is 0 Å². The number of aryl methyl sites for hydroxylation is 1. The predicted molar refractivity (Wildman–Crippen MR) is 114 cm³/mol. The molecular weight excluding hydrogens is 401 g/mol. The zero-order valence-electron chi connectivity index (χ0n) is 17.6. The highest BCUT2D eigenvalue weighted by Crippen LogP contribution is 2.68. The summed E-state index contributed by atoms with van der Waals surface area (Å²) in [4.78, 5) is 6.69. The standard InChI is InChI=1S/C22H26FN5OS/c1-15-18(29-14-24-15)19-25-26-20(27(19)3)30-10-4-9-28-12-21(2)11-22(21,13-28)16-5-7-17(23)8-6-16/h5-8,14H,4,9-13H2,1-3H3/t21-,22+/m1/s1. The molecule has 2 fully saturated rings. The van der Waals surface area contributed by atoms with Crippen LogP contribution in [-0.2, 0) is 12.5 Å². The molecule has 30 heavy (non-hydrogen) atoms. The van der Waals surface area contributed by atoms with Gasteiger partial charge in [-0.25, -0.2) is 9.37 Å². The average molecular weight is 428 g/mol. The number of oxazole rings is 1. The Morgan fingerprint density at radius 2 is 2.00 bits per heavy atom. The zero-order valence-corrected chi connectivity index (χ0v) is 18.4. The topological polar surface area (TPSA) is 60.0 Å². The fraction of sp³-hybridized carbons (Fsp3) is 0.500. The summed E-state index contributed by atoms with van der Waals surface area (Å²) < 4.78 is 20.7. The Bertz CT molecular complexity index is 1060. The molecule has 2 aliphatic rings. The van der Waals surface area contributed by atoms with Crippen molar-refractivity contribution < 1.29 is 8.81 Å². The molecule has 3 aromatic rings. The quantitative estimate of drug-likeness (QED) is 0.419. The molecule has 0 spiro atoms. The Labute approximate surface area is 179 Å². The largest absolute Gasteiger partial charge is 0.440 e. The number of aromatic nitrogens is 4. The Morgan fingerprint density at radius 3 is 2.73 bits per heavy atom. The minimum atomic E-state index is -0.158. The molecule has 0 N–H and O–H groups in total. The number of fused-ring (bicyclic) bond motifs is 1. The number of piperidine rings is 1. The molecule has 0 unspecified atom stereocenters. The van der Waals surface area contributed by atoms with Gasteiger partial charge in [-0.3, -0.25) is 0 Å². The first kappa shape index (κ1) is 19.8. The number of hydrogen-bond donors (Lipinski definition) is 0. The van der Waals surface area contributed by atoms with Crippen LogP contribution in [0.4, 0.5) is 4.39 Å². The Morgan fingerprint density at radius 1 is 1.20 bits per heavy atom. The molecule has 158 valence electrons. The van der Waals surface area contributed by atoms with Crippen molar-refractivity contribution in [3.8, 4) is 11.6 Å². The molecule has 1 aliphatic heterocycles. The van der Waals surface area contributed by atoms with E-state index in [9.17, 15) is 4.39 Å². The molecule has 6 nitrogen and oxygen atoms in total. The summed E-state index contributed by atoms with van der Waals surface area (Å²) >= 11 is 1.72. The zero-order chi connectivity index (χ0) is 20.9. The van der Waals surface area contributed by atoms with E-state index in [1.54, 1.807) is 23.9 Å². The smallest absolute Gasteiger partial charge is 0.202 e. The van der Waals surface area contributed by atoms with E-state index in [1.165, 1.54) is 18.4 Å². The highest BCUT2D eigenvalue weighted by atomic mass is 32.2. The van der Waals surface area contributed by atoms with Crippen LogP contribution in [0, 0.1) is 18.2 Å². The molecule has 2 aromatic heterocycles. The summed E-state index contributed by atoms with van der Waals surface area (Å²) in [5, 5.41) is 9.47. The molecule has 8 heteroatoms. The van der Waals surface area contributed by atoms with E-state index in [0.29, 0.717) is 17.0 Å². The number of nitrogens with zero attached hydrogens (tertiary/aromatic N) is 5. The first-order chi connectivity index (χ1) is 14.4. The van der Waals surface area contributed by atoms with Gasteiger partial charge in [-0.05, 0) is 49.4 Å². The van der Waals surface area contributed by atoms with E-state index in [1.807, 2.05) is 30.7 Å². The Balaban J connectivity index is 1.15. The monoisotopic (exact) mass is 427 g/mol. The molecule has 0 amide bonds. The first-order valence-electron chi connectivity index (χ1n) is 10.3. The third-order valence-electron chi connectivity index (χ3n) is 6.82. The van der Waals surface area contributed by atoms with Gasteiger partial charge in [0.1, 0.15) is 5.82 Å². The number of likely N-dealkylation sites (tertiary alicyclic amines) is 1. The second-order valence-electron chi connectivity index (χ2n) is 8.87. The van der Waals surface area contributed by atoms with E-state index in [-0.39, 0.29) is 11.2 Å². The van der Waals surface area contributed by atoms with Gasteiger partial charge in [0.15, 0.2) is 17.3 Å². The lowest BCUT2D eigenvalue weighted by atomic mass is 9.90. The van der Waals surface area contributed by atoms with Crippen LogP contribution in [0.2, 0.25) is 0 Å². The van der Waals surface area contributed by atoms with Crippen molar-refractivity contribution >= 4 is 11.8 Å². The van der Waals surface area contributed by atoms with Gasteiger partial charge in [0.25, 0.3) is 0 Å². The van der Waals surface area contributed by atoms with Gasteiger partial charge in [0.05, 0.1) is 5.69 Å². The van der Waals surface area contributed by atoms with Crippen LogP contribution in [0.3, 0.4) is 0 Å². The highest BCUT2D eigenvalue weighted by molar-refractivity contribution is 7.99. The van der Waals surface area contributed by atoms with E-state index in [4.69, 9.17) is 4.42 Å². The lowest BCUT2D eigenvalue weighted by Gasteiger charge is -2.20. The molecule has 0 bridgehead atoms. The van der Waals surface area contributed by atoms with Crippen molar-refractivity contribution in [3.63, 3.8) is 0 Å². The van der Waals surface area contributed by atoms with Crippen molar-refractivity contribution in [2.24, 2.45) is 12.5 Å². The number of halogens is 1. The van der Waals surface area contributed by atoms with Crippen LogP contribution in [0.5, 0.6) is 0 Å². The second-order valence-corrected chi connectivity index (χ2v) is 9.93. The Hall–Kier alpha value is -2.19. The van der Waals surface area contributed by atoms with E-state index in [2.05, 4.69) is 27.0 Å². The first-order valence-corrected chi connectivity index (χ1v) is 11.3. The second kappa shape index (κ2) is 7.20. The Kier molecular flexibility index (Phi) is 4.74. The van der Waals surface area contributed by atoms with Crippen molar-refractivity contribution in [1.82, 2.24) is 24.6 Å². The molecule has 1 saturated carbocycles. The minimum absolute atomic E-state index is 0.158. The minimum Gasteiger partial charge on any atom is -0.440 e. The van der Waals surface area contributed by atoms with E-state index in [0.717, 1.165) is 42.7 Å². The van der Waals surface area contributed by atoms with E-state index < -0.39 is 0 Å². The normalized spacial score (nSPS) is 25.6. The maximum absolute atomic E-state index is 13.3. The van der Waals surface area contributed by atoms with Gasteiger partial charge in [-0.15, -0.1) is 10.2 Å². The van der Waals surface area contributed by atoms with Crippen LogP contribution in [0.15, 0.2) is 40.2 Å². The average Bonchev–Trinajstić information content (AvgIpc) is 3.06. The molecule has 1 aliphatic carbocycles. The summed E-state index contributed by atoms with van der Waals surface area (Å²) in [6.45, 7) is 7.53. The molecule has 2 atom stereocenters. The summed E-state index contributed by atoms with van der Waals surface area (Å²) in [6, 6.07) is 7.14. The highest BCUT2D eigenvalue weighted by Gasteiger charge is 2.69. The molecule has 1 aromatic carbocycles.